The van der Waals surface area contributed by atoms with Gasteiger partial charge in [-0.1, -0.05) is 12.1 Å². The summed E-state index contributed by atoms with van der Waals surface area (Å²) in [6, 6.07) is 6.42. The van der Waals surface area contributed by atoms with Gasteiger partial charge in [-0.05, 0) is 82.9 Å². The van der Waals surface area contributed by atoms with Crippen molar-refractivity contribution in [3.8, 4) is 0 Å². The van der Waals surface area contributed by atoms with E-state index in [1.165, 1.54) is 31.2 Å². The molecule has 1 aromatic heterocycles. The highest BCUT2D eigenvalue weighted by Gasteiger charge is 2.24. The lowest BCUT2D eigenvalue weighted by molar-refractivity contribution is 0.177. The molecular formula is C21H33N5O. The molecule has 148 valence electrons. The average molecular weight is 372 g/mol. The third-order valence-corrected chi connectivity index (χ3v) is 6.38. The predicted molar refractivity (Wildman–Crippen MR) is 110 cm³/mol. The van der Waals surface area contributed by atoms with Gasteiger partial charge in [-0.15, -0.1) is 0 Å². The van der Waals surface area contributed by atoms with E-state index in [-0.39, 0.29) is 11.9 Å². The molecule has 0 radical (unpaired) electrons. The number of nitrogens with one attached hydrogen (secondary N) is 2. The zero-order chi connectivity index (χ0) is 18.8. The SMILES string of the molecule is CNCC1CCN(Cc2cccc3c2n(C)c(=O)n3C2CCCCN2)CC1. The van der Waals surface area contributed by atoms with E-state index in [4.69, 9.17) is 0 Å². The van der Waals surface area contributed by atoms with Gasteiger partial charge >= 0.3 is 5.69 Å². The van der Waals surface area contributed by atoms with Gasteiger partial charge in [-0.3, -0.25) is 19.4 Å². The zero-order valence-corrected chi connectivity index (χ0v) is 16.7. The second-order valence-electron chi connectivity index (χ2n) is 8.24. The van der Waals surface area contributed by atoms with Crippen molar-refractivity contribution in [1.29, 1.82) is 0 Å². The molecule has 2 aliphatic heterocycles. The highest BCUT2D eigenvalue weighted by atomic mass is 16.1. The van der Waals surface area contributed by atoms with Crippen molar-refractivity contribution in [2.45, 2.75) is 44.8 Å². The Labute approximate surface area is 161 Å². The Balaban J connectivity index is 1.60. The Morgan fingerprint density at radius 1 is 1.19 bits per heavy atom. The van der Waals surface area contributed by atoms with E-state index in [0.717, 1.165) is 56.1 Å². The number of aromatic nitrogens is 2. The number of hydrogen-bond acceptors (Lipinski definition) is 4. The van der Waals surface area contributed by atoms with Crippen LogP contribution >= 0.6 is 0 Å². The lowest BCUT2D eigenvalue weighted by atomic mass is 9.96. The van der Waals surface area contributed by atoms with Crippen LogP contribution in [0.4, 0.5) is 0 Å². The molecule has 0 amide bonds. The van der Waals surface area contributed by atoms with Crippen LogP contribution in [0.5, 0.6) is 0 Å². The van der Waals surface area contributed by atoms with Crippen LogP contribution < -0.4 is 16.3 Å². The van der Waals surface area contributed by atoms with Crippen LogP contribution in [0.2, 0.25) is 0 Å². The van der Waals surface area contributed by atoms with Gasteiger partial charge in [0.1, 0.15) is 0 Å². The van der Waals surface area contributed by atoms with Gasteiger partial charge in [0.05, 0.1) is 17.2 Å². The van der Waals surface area contributed by atoms with Gasteiger partial charge in [0.25, 0.3) is 0 Å². The van der Waals surface area contributed by atoms with Crippen LogP contribution in [0.3, 0.4) is 0 Å². The minimum absolute atomic E-state index is 0.101. The molecule has 3 heterocycles. The van der Waals surface area contributed by atoms with Gasteiger partial charge < -0.3 is 5.32 Å². The van der Waals surface area contributed by atoms with Gasteiger partial charge in [0.2, 0.25) is 0 Å². The second kappa shape index (κ2) is 8.17. The fourth-order valence-electron chi connectivity index (χ4n) is 4.88. The number of aryl methyl sites for hydroxylation is 1. The molecule has 0 bridgehead atoms. The molecule has 4 rings (SSSR count). The zero-order valence-electron chi connectivity index (χ0n) is 16.7. The quantitative estimate of drug-likeness (QED) is 0.845. The van der Waals surface area contributed by atoms with E-state index < -0.39 is 0 Å². The Bertz CT molecular complexity index is 825. The molecule has 0 spiro atoms. The molecule has 6 heteroatoms. The molecule has 0 saturated carbocycles. The van der Waals surface area contributed by atoms with Crippen LogP contribution in [0.15, 0.2) is 23.0 Å². The largest absolute Gasteiger partial charge is 0.330 e. The molecule has 2 fully saturated rings. The number of fused-ring (bicyclic) bond motifs is 1. The van der Waals surface area contributed by atoms with Gasteiger partial charge in [-0.2, -0.15) is 0 Å². The lowest BCUT2D eigenvalue weighted by Crippen LogP contribution is -2.37. The smallest absolute Gasteiger partial charge is 0.319 e. The Hall–Kier alpha value is -1.63. The van der Waals surface area contributed by atoms with Crippen LogP contribution in [-0.2, 0) is 13.6 Å². The molecule has 2 saturated heterocycles. The normalized spacial score (nSPS) is 22.5. The fraction of sp³-hybridized carbons (Fsp3) is 0.667. The van der Waals surface area contributed by atoms with E-state index in [9.17, 15) is 4.79 Å². The predicted octanol–water partition coefficient (Wildman–Crippen LogP) is 2.04. The molecule has 2 aliphatic rings. The third-order valence-electron chi connectivity index (χ3n) is 6.38. The maximum atomic E-state index is 13.0. The summed E-state index contributed by atoms with van der Waals surface area (Å²) in [5, 5.41) is 6.84. The highest BCUT2D eigenvalue weighted by molar-refractivity contribution is 5.80. The molecule has 1 atom stereocenters. The van der Waals surface area contributed by atoms with Crippen molar-refractivity contribution in [1.82, 2.24) is 24.7 Å². The average Bonchev–Trinajstić information content (AvgIpc) is 2.96. The molecule has 2 aromatic rings. The number of likely N-dealkylation sites (tertiary alicyclic amines) is 1. The standard InChI is InChI=1S/C21H33N5O/c1-22-14-16-9-12-25(13-10-16)15-17-6-5-7-18-20(17)24(2)21(27)26(18)19-8-3-4-11-23-19/h5-7,16,19,22-23H,3-4,8-15H2,1-2H3. The van der Waals surface area contributed by atoms with Crippen molar-refractivity contribution >= 4 is 11.0 Å². The topological polar surface area (TPSA) is 54.2 Å². The summed E-state index contributed by atoms with van der Waals surface area (Å²) in [6.45, 7) is 5.33. The molecule has 6 nitrogen and oxygen atoms in total. The molecule has 2 N–H and O–H groups in total. The van der Waals surface area contributed by atoms with Crippen LogP contribution in [0.1, 0.15) is 43.8 Å². The number of imidazole rings is 1. The highest BCUT2D eigenvalue weighted by Crippen LogP contribution is 2.26. The summed E-state index contributed by atoms with van der Waals surface area (Å²) >= 11 is 0. The van der Waals surface area contributed by atoms with E-state index in [1.807, 2.05) is 23.2 Å². The van der Waals surface area contributed by atoms with Crippen molar-refractivity contribution in [3.63, 3.8) is 0 Å². The van der Waals surface area contributed by atoms with Crippen LogP contribution in [0.25, 0.3) is 11.0 Å². The summed E-state index contributed by atoms with van der Waals surface area (Å²) < 4.78 is 3.84. The molecule has 27 heavy (non-hydrogen) atoms. The number of hydrogen-bond donors (Lipinski definition) is 2. The number of para-hydroxylation sites is 1. The Kier molecular flexibility index (Phi) is 5.66. The number of piperidine rings is 2. The van der Waals surface area contributed by atoms with E-state index in [0.29, 0.717) is 0 Å². The van der Waals surface area contributed by atoms with E-state index in [2.05, 4.69) is 33.7 Å². The molecule has 1 aromatic carbocycles. The molecular weight excluding hydrogens is 338 g/mol. The first-order chi connectivity index (χ1) is 13.2. The summed E-state index contributed by atoms with van der Waals surface area (Å²) in [7, 11) is 3.96. The van der Waals surface area contributed by atoms with Crippen molar-refractivity contribution in [2.24, 2.45) is 13.0 Å². The molecule has 1 unspecified atom stereocenters. The Morgan fingerprint density at radius 3 is 2.70 bits per heavy atom. The van der Waals surface area contributed by atoms with Crippen molar-refractivity contribution < 1.29 is 0 Å². The van der Waals surface area contributed by atoms with Crippen molar-refractivity contribution in [2.75, 3.05) is 33.2 Å². The minimum Gasteiger partial charge on any atom is -0.319 e. The van der Waals surface area contributed by atoms with Gasteiger partial charge in [0, 0.05) is 13.6 Å². The summed E-state index contributed by atoms with van der Waals surface area (Å²) in [6.07, 6.45) is 6.04. The number of benzene rings is 1. The van der Waals surface area contributed by atoms with Crippen molar-refractivity contribution in [3.05, 3.63) is 34.2 Å². The van der Waals surface area contributed by atoms with Gasteiger partial charge in [-0.25, -0.2) is 4.79 Å². The Morgan fingerprint density at radius 2 is 2.00 bits per heavy atom. The third kappa shape index (κ3) is 3.71. The number of rotatable bonds is 5. The maximum Gasteiger partial charge on any atom is 0.330 e. The summed E-state index contributed by atoms with van der Waals surface area (Å²) in [5.41, 5.74) is 3.55. The van der Waals surface area contributed by atoms with E-state index in [1.54, 1.807) is 0 Å². The first kappa shape index (κ1) is 18.7. The van der Waals surface area contributed by atoms with Gasteiger partial charge in [0.15, 0.2) is 0 Å². The summed E-state index contributed by atoms with van der Waals surface area (Å²) in [5.74, 6) is 0.796. The maximum absolute atomic E-state index is 13.0. The van der Waals surface area contributed by atoms with E-state index >= 15 is 0 Å². The molecule has 0 aliphatic carbocycles. The van der Waals surface area contributed by atoms with Crippen LogP contribution in [0, 0.1) is 5.92 Å². The first-order valence-corrected chi connectivity index (χ1v) is 10.5. The monoisotopic (exact) mass is 371 g/mol. The second-order valence-corrected chi connectivity index (χ2v) is 8.24. The minimum atomic E-state index is 0.101. The number of nitrogens with zero attached hydrogens (tertiary/aromatic N) is 3. The van der Waals surface area contributed by atoms with Crippen LogP contribution in [-0.4, -0.2) is 47.3 Å². The summed E-state index contributed by atoms with van der Waals surface area (Å²) in [4.78, 5) is 15.6. The lowest BCUT2D eigenvalue weighted by Gasteiger charge is -2.32. The fourth-order valence-corrected chi connectivity index (χ4v) is 4.88. The first-order valence-electron chi connectivity index (χ1n) is 10.5.